The molecule has 0 aromatic carbocycles. The van der Waals surface area contributed by atoms with Gasteiger partial charge in [0.05, 0.1) is 11.4 Å². The van der Waals surface area contributed by atoms with Crippen molar-refractivity contribution in [1.82, 2.24) is 15.5 Å². The van der Waals surface area contributed by atoms with E-state index in [1.54, 1.807) is 12.1 Å². The molecule has 19 heavy (non-hydrogen) atoms. The lowest BCUT2D eigenvalue weighted by atomic mass is 10.4. The van der Waals surface area contributed by atoms with Crippen LogP contribution in [0.4, 0.5) is 0 Å². The summed E-state index contributed by atoms with van der Waals surface area (Å²) in [5, 5.41) is 14.7. The highest BCUT2D eigenvalue weighted by atomic mass is 32.1. The zero-order chi connectivity index (χ0) is 13.7. The molecule has 0 atom stereocenters. The zero-order valence-electron chi connectivity index (χ0n) is 9.57. The van der Waals surface area contributed by atoms with Crippen molar-refractivity contribution < 1.29 is 19.2 Å². The van der Waals surface area contributed by atoms with E-state index in [-0.39, 0.29) is 12.5 Å². The standard InChI is InChI=1S/C11H9N3O4S/c15-10(16)4-2-7-1-3-8(19-7)11(17)12-5-9-13-6-18-14-9/h1-4,6H,5H2,(H,12,17)(H,15,16)/b4-2+. The number of carboxylic acids is 1. The van der Waals surface area contributed by atoms with Crippen LogP contribution < -0.4 is 5.32 Å². The van der Waals surface area contributed by atoms with Crippen LogP contribution in [0, 0.1) is 0 Å². The monoisotopic (exact) mass is 279 g/mol. The fraction of sp³-hybridized carbons (Fsp3) is 0.0909. The van der Waals surface area contributed by atoms with Crippen LogP contribution in [-0.4, -0.2) is 27.1 Å². The van der Waals surface area contributed by atoms with Crippen LogP contribution in [0.15, 0.2) is 29.1 Å². The third-order valence-electron chi connectivity index (χ3n) is 2.05. The van der Waals surface area contributed by atoms with E-state index >= 15 is 0 Å². The predicted molar refractivity (Wildman–Crippen MR) is 66.5 cm³/mol. The molecule has 7 nitrogen and oxygen atoms in total. The van der Waals surface area contributed by atoms with Gasteiger partial charge in [-0.3, -0.25) is 4.79 Å². The van der Waals surface area contributed by atoms with E-state index in [2.05, 4.69) is 20.0 Å². The zero-order valence-corrected chi connectivity index (χ0v) is 10.4. The topological polar surface area (TPSA) is 105 Å². The Morgan fingerprint density at radius 3 is 3.00 bits per heavy atom. The summed E-state index contributed by atoms with van der Waals surface area (Å²) in [5.74, 6) is -0.919. The number of hydrogen-bond donors (Lipinski definition) is 2. The van der Waals surface area contributed by atoms with Crippen LogP contribution in [0.5, 0.6) is 0 Å². The molecule has 1 amide bonds. The number of aromatic nitrogens is 2. The Hall–Kier alpha value is -2.48. The van der Waals surface area contributed by atoms with Crippen molar-refractivity contribution in [2.45, 2.75) is 6.54 Å². The average molecular weight is 279 g/mol. The summed E-state index contributed by atoms with van der Waals surface area (Å²) in [6.45, 7) is 0.174. The number of hydrogen-bond acceptors (Lipinski definition) is 6. The maximum atomic E-state index is 11.8. The maximum absolute atomic E-state index is 11.8. The van der Waals surface area contributed by atoms with Gasteiger partial charge in [0.15, 0.2) is 5.82 Å². The highest BCUT2D eigenvalue weighted by Gasteiger charge is 2.09. The minimum absolute atomic E-state index is 0.174. The Morgan fingerprint density at radius 2 is 2.32 bits per heavy atom. The second kappa shape index (κ2) is 5.91. The number of thiophene rings is 1. The molecular weight excluding hydrogens is 270 g/mol. The van der Waals surface area contributed by atoms with E-state index in [9.17, 15) is 9.59 Å². The van der Waals surface area contributed by atoms with Crippen LogP contribution in [0.25, 0.3) is 6.08 Å². The van der Waals surface area contributed by atoms with Gasteiger partial charge >= 0.3 is 5.97 Å². The first-order chi connectivity index (χ1) is 9.15. The molecule has 0 unspecified atom stereocenters. The Balaban J connectivity index is 1.94. The molecule has 0 saturated carbocycles. The van der Waals surface area contributed by atoms with Crippen molar-refractivity contribution in [3.63, 3.8) is 0 Å². The Bertz CT molecular complexity index is 603. The van der Waals surface area contributed by atoms with Crippen LogP contribution in [0.3, 0.4) is 0 Å². The van der Waals surface area contributed by atoms with Gasteiger partial charge in [0.2, 0.25) is 6.39 Å². The van der Waals surface area contributed by atoms with Crippen molar-refractivity contribution in [1.29, 1.82) is 0 Å². The van der Waals surface area contributed by atoms with Crippen molar-refractivity contribution in [2.75, 3.05) is 0 Å². The van der Waals surface area contributed by atoms with Gasteiger partial charge < -0.3 is 14.9 Å². The number of nitrogens with zero attached hydrogens (tertiary/aromatic N) is 2. The average Bonchev–Trinajstić information content (AvgIpc) is 3.04. The van der Waals surface area contributed by atoms with Crippen molar-refractivity contribution >= 4 is 29.3 Å². The number of aliphatic carboxylic acids is 1. The summed E-state index contributed by atoms with van der Waals surface area (Å²) >= 11 is 1.19. The smallest absolute Gasteiger partial charge is 0.328 e. The lowest BCUT2D eigenvalue weighted by Gasteiger charge is -1.98. The van der Waals surface area contributed by atoms with Crippen molar-refractivity contribution in [2.24, 2.45) is 0 Å². The first-order valence-corrected chi connectivity index (χ1v) is 6.01. The van der Waals surface area contributed by atoms with Gasteiger partial charge in [-0.05, 0) is 18.2 Å². The van der Waals surface area contributed by atoms with E-state index in [1.807, 2.05) is 0 Å². The van der Waals surface area contributed by atoms with Crippen LogP contribution in [-0.2, 0) is 11.3 Å². The van der Waals surface area contributed by atoms with Gasteiger partial charge in [0, 0.05) is 11.0 Å². The van der Waals surface area contributed by atoms with Gasteiger partial charge in [-0.25, -0.2) is 4.79 Å². The number of amides is 1. The number of carbonyl (C=O) groups is 2. The Morgan fingerprint density at radius 1 is 1.47 bits per heavy atom. The largest absolute Gasteiger partial charge is 0.478 e. The summed E-state index contributed by atoms with van der Waals surface area (Å²) in [6, 6.07) is 3.30. The molecule has 0 aliphatic rings. The molecule has 2 aromatic rings. The van der Waals surface area contributed by atoms with Crippen LogP contribution in [0.2, 0.25) is 0 Å². The lowest BCUT2D eigenvalue weighted by Crippen LogP contribution is -2.22. The molecule has 2 heterocycles. The van der Waals surface area contributed by atoms with Gasteiger partial charge in [-0.2, -0.15) is 4.98 Å². The highest BCUT2D eigenvalue weighted by Crippen LogP contribution is 2.17. The highest BCUT2D eigenvalue weighted by molar-refractivity contribution is 7.14. The molecule has 8 heteroatoms. The molecule has 0 fully saturated rings. The number of rotatable bonds is 5. The molecule has 0 bridgehead atoms. The van der Waals surface area contributed by atoms with Gasteiger partial charge in [-0.1, -0.05) is 5.16 Å². The van der Waals surface area contributed by atoms with E-state index in [1.165, 1.54) is 23.8 Å². The minimum Gasteiger partial charge on any atom is -0.478 e. The second-order valence-corrected chi connectivity index (χ2v) is 4.52. The predicted octanol–water partition coefficient (Wildman–Crippen LogP) is 1.16. The molecule has 0 aliphatic carbocycles. The fourth-order valence-electron chi connectivity index (χ4n) is 1.23. The molecule has 2 rings (SSSR count). The third kappa shape index (κ3) is 3.75. The number of carbonyl (C=O) groups excluding carboxylic acids is 1. The van der Waals surface area contributed by atoms with E-state index in [4.69, 9.17) is 5.11 Å². The minimum atomic E-state index is -1.03. The van der Waals surface area contributed by atoms with Crippen molar-refractivity contribution in [3.8, 4) is 0 Å². The van der Waals surface area contributed by atoms with E-state index < -0.39 is 5.97 Å². The number of nitrogens with one attached hydrogen (secondary N) is 1. The summed E-state index contributed by atoms with van der Waals surface area (Å²) in [5.41, 5.74) is 0. The van der Waals surface area contributed by atoms with Gasteiger partial charge in [0.1, 0.15) is 0 Å². The third-order valence-corrected chi connectivity index (χ3v) is 3.10. The number of carboxylic acid groups (broad SMARTS) is 1. The molecule has 2 N–H and O–H groups in total. The fourth-order valence-corrected chi connectivity index (χ4v) is 2.06. The normalized spacial score (nSPS) is 10.7. The molecule has 98 valence electrons. The first-order valence-electron chi connectivity index (χ1n) is 5.19. The van der Waals surface area contributed by atoms with Gasteiger partial charge in [0.25, 0.3) is 5.91 Å². The summed E-state index contributed by atoms with van der Waals surface area (Å²) in [6.07, 6.45) is 3.64. The van der Waals surface area contributed by atoms with Crippen molar-refractivity contribution in [3.05, 3.63) is 40.2 Å². The van der Waals surface area contributed by atoms with E-state index in [0.717, 1.165) is 6.08 Å². The second-order valence-electron chi connectivity index (χ2n) is 3.40. The molecule has 0 radical (unpaired) electrons. The summed E-state index contributed by atoms with van der Waals surface area (Å²) in [4.78, 5) is 27.1. The molecule has 2 aromatic heterocycles. The van der Waals surface area contributed by atoms with Gasteiger partial charge in [-0.15, -0.1) is 11.3 Å². The van der Waals surface area contributed by atoms with Crippen LogP contribution >= 0.6 is 11.3 Å². The Kier molecular flexibility index (Phi) is 4.04. The molecular formula is C11H9N3O4S. The lowest BCUT2D eigenvalue weighted by molar-refractivity contribution is -0.131. The molecule has 0 spiro atoms. The Labute approximate surface area is 111 Å². The molecule has 0 aliphatic heterocycles. The summed E-state index contributed by atoms with van der Waals surface area (Å²) < 4.78 is 4.54. The maximum Gasteiger partial charge on any atom is 0.328 e. The first kappa shape index (κ1) is 13.0. The molecule has 0 saturated heterocycles. The van der Waals surface area contributed by atoms with Crippen LogP contribution in [0.1, 0.15) is 20.4 Å². The quantitative estimate of drug-likeness (QED) is 0.795. The summed E-state index contributed by atoms with van der Waals surface area (Å²) in [7, 11) is 0. The van der Waals surface area contributed by atoms with E-state index in [0.29, 0.717) is 15.6 Å². The SMILES string of the molecule is O=C(O)/C=C/c1ccc(C(=O)NCc2ncon2)s1.